The number of aryl methyl sites for hydroxylation is 2. The van der Waals surface area contributed by atoms with E-state index in [2.05, 4.69) is 12.2 Å². The zero-order valence-corrected chi connectivity index (χ0v) is 15.5. The van der Waals surface area contributed by atoms with Gasteiger partial charge in [0.05, 0.1) is 7.11 Å². The third-order valence-corrected chi connectivity index (χ3v) is 4.08. The van der Waals surface area contributed by atoms with Gasteiger partial charge in [0.15, 0.2) is 6.10 Å². The first-order chi connectivity index (χ1) is 12.5. The van der Waals surface area contributed by atoms with Gasteiger partial charge in [0.2, 0.25) is 0 Å². The van der Waals surface area contributed by atoms with Crippen molar-refractivity contribution in [2.75, 3.05) is 12.4 Å². The lowest BCUT2D eigenvalue weighted by molar-refractivity contribution is -0.153. The molecule has 2 aromatic rings. The van der Waals surface area contributed by atoms with Crippen molar-refractivity contribution >= 4 is 17.6 Å². The summed E-state index contributed by atoms with van der Waals surface area (Å²) in [6.07, 6.45) is 0.866. The smallest absolute Gasteiger partial charge is 0.306 e. The molecule has 0 fully saturated rings. The van der Waals surface area contributed by atoms with E-state index < -0.39 is 12.1 Å². The average Bonchev–Trinajstić information content (AvgIpc) is 2.67. The maximum absolute atomic E-state index is 12.1. The molecule has 1 atom stereocenters. The van der Waals surface area contributed by atoms with Gasteiger partial charge >= 0.3 is 5.97 Å². The van der Waals surface area contributed by atoms with Crippen molar-refractivity contribution in [1.29, 1.82) is 0 Å². The number of carbonyl (C=O) groups excluding carboxylic acids is 2. The van der Waals surface area contributed by atoms with E-state index in [1.165, 1.54) is 5.56 Å². The summed E-state index contributed by atoms with van der Waals surface area (Å²) >= 11 is 0. The van der Waals surface area contributed by atoms with Crippen LogP contribution in [-0.2, 0) is 27.2 Å². The molecule has 0 aliphatic carbocycles. The molecule has 5 nitrogen and oxygen atoms in total. The minimum atomic E-state index is -0.843. The standard InChI is InChI=1S/C21H25NO4/c1-4-16-5-10-18(11-6-16)22-21(24)15(2)26-20(23)14-9-17-7-12-19(25-3)13-8-17/h5-8,10-13,15H,4,9,14H2,1-3H3,(H,22,24)/t15-/m1/s1. The largest absolute Gasteiger partial charge is 0.497 e. The third-order valence-electron chi connectivity index (χ3n) is 4.08. The zero-order chi connectivity index (χ0) is 18.9. The molecule has 0 bridgehead atoms. The highest BCUT2D eigenvalue weighted by Crippen LogP contribution is 2.14. The Labute approximate surface area is 154 Å². The van der Waals surface area contributed by atoms with Gasteiger partial charge in [-0.2, -0.15) is 0 Å². The topological polar surface area (TPSA) is 64.6 Å². The highest BCUT2D eigenvalue weighted by molar-refractivity contribution is 5.95. The highest BCUT2D eigenvalue weighted by Gasteiger charge is 2.17. The minimum Gasteiger partial charge on any atom is -0.497 e. The molecule has 0 unspecified atom stereocenters. The summed E-state index contributed by atoms with van der Waals surface area (Å²) in [5.74, 6) is 0.0328. The van der Waals surface area contributed by atoms with Gasteiger partial charge in [-0.1, -0.05) is 31.2 Å². The van der Waals surface area contributed by atoms with Gasteiger partial charge < -0.3 is 14.8 Å². The van der Waals surface area contributed by atoms with Crippen LogP contribution >= 0.6 is 0 Å². The Kier molecular flexibility index (Phi) is 7.21. The van der Waals surface area contributed by atoms with Crippen LogP contribution in [0.25, 0.3) is 0 Å². The van der Waals surface area contributed by atoms with Crippen LogP contribution in [0.2, 0.25) is 0 Å². The Morgan fingerprint density at radius 3 is 2.19 bits per heavy atom. The summed E-state index contributed by atoms with van der Waals surface area (Å²) in [5, 5.41) is 2.75. The minimum absolute atomic E-state index is 0.217. The first-order valence-electron chi connectivity index (χ1n) is 8.74. The van der Waals surface area contributed by atoms with Crippen molar-refractivity contribution in [3.05, 3.63) is 59.7 Å². The van der Waals surface area contributed by atoms with Gasteiger partial charge in [0.25, 0.3) is 5.91 Å². The van der Waals surface area contributed by atoms with E-state index in [9.17, 15) is 9.59 Å². The number of nitrogens with one attached hydrogen (secondary N) is 1. The fourth-order valence-corrected chi connectivity index (χ4v) is 2.42. The van der Waals surface area contributed by atoms with Crippen molar-refractivity contribution < 1.29 is 19.1 Å². The molecule has 26 heavy (non-hydrogen) atoms. The van der Waals surface area contributed by atoms with E-state index in [1.54, 1.807) is 14.0 Å². The Balaban J connectivity index is 1.78. The molecule has 0 aromatic heterocycles. The van der Waals surface area contributed by atoms with Crippen LogP contribution in [-0.4, -0.2) is 25.1 Å². The number of rotatable bonds is 8. The lowest BCUT2D eigenvalue weighted by Gasteiger charge is -2.14. The quantitative estimate of drug-likeness (QED) is 0.732. The van der Waals surface area contributed by atoms with Crippen molar-refractivity contribution in [2.45, 2.75) is 39.2 Å². The number of hydrogen-bond donors (Lipinski definition) is 1. The van der Waals surface area contributed by atoms with Gasteiger partial charge in [-0.25, -0.2) is 0 Å². The fraction of sp³-hybridized carbons (Fsp3) is 0.333. The second kappa shape index (κ2) is 9.61. The van der Waals surface area contributed by atoms with E-state index in [4.69, 9.17) is 9.47 Å². The Bertz CT molecular complexity index is 723. The summed E-state index contributed by atoms with van der Waals surface area (Å²) in [6, 6.07) is 15.1. The summed E-state index contributed by atoms with van der Waals surface area (Å²) in [5.41, 5.74) is 2.89. The van der Waals surface area contributed by atoms with Crippen molar-refractivity contribution in [2.24, 2.45) is 0 Å². The van der Waals surface area contributed by atoms with E-state index >= 15 is 0 Å². The molecule has 1 N–H and O–H groups in total. The molecular weight excluding hydrogens is 330 g/mol. The van der Waals surface area contributed by atoms with Crippen LogP contribution < -0.4 is 10.1 Å². The number of carbonyl (C=O) groups is 2. The molecule has 2 aromatic carbocycles. The Hall–Kier alpha value is -2.82. The summed E-state index contributed by atoms with van der Waals surface area (Å²) in [6.45, 7) is 3.64. The van der Waals surface area contributed by atoms with Crippen LogP contribution in [0.3, 0.4) is 0 Å². The molecule has 5 heteroatoms. The molecule has 0 heterocycles. The molecule has 0 aliphatic heterocycles. The van der Waals surface area contributed by atoms with E-state index in [-0.39, 0.29) is 12.3 Å². The van der Waals surface area contributed by atoms with Crippen molar-refractivity contribution in [1.82, 2.24) is 0 Å². The van der Waals surface area contributed by atoms with Crippen molar-refractivity contribution in [3.63, 3.8) is 0 Å². The molecule has 0 spiro atoms. The van der Waals surface area contributed by atoms with Gasteiger partial charge in [0, 0.05) is 12.1 Å². The Morgan fingerprint density at radius 2 is 1.62 bits per heavy atom. The fourth-order valence-electron chi connectivity index (χ4n) is 2.42. The summed E-state index contributed by atoms with van der Waals surface area (Å²) in [7, 11) is 1.61. The highest BCUT2D eigenvalue weighted by atomic mass is 16.5. The average molecular weight is 355 g/mol. The van der Waals surface area contributed by atoms with Crippen LogP contribution in [0.15, 0.2) is 48.5 Å². The maximum Gasteiger partial charge on any atom is 0.306 e. The van der Waals surface area contributed by atoms with E-state index in [1.807, 2.05) is 48.5 Å². The van der Waals surface area contributed by atoms with Crippen molar-refractivity contribution in [3.8, 4) is 5.75 Å². The molecule has 138 valence electrons. The predicted molar refractivity (Wildman–Crippen MR) is 101 cm³/mol. The number of hydrogen-bond acceptors (Lipinski definition) is 4. The monoisotopic (exact) mass is 355 g/mol. The van der Waals surface area contributed by atoms with Crippen LogP contribution in [0.4, 0.5) is 5.69 Å². The lowest BCUT2D eigenvalue weighted by atomic mass is 10.1. The number of benzene rings is 2. The number of methoxy groups -OCH3 is 1. The normalized spacial score (nSPS) is 11.5. The molecule has 0 saturated heterocycles. The number of anilines is 1. The molecule has 2 rings (SSSR count). The third kappa shape index (κ3) is 5.92. The lowest BCUT2D eigenvalue weighted by Crippen LogP contribution is -2.30. The SMILES string of the molecule is CCc1ccc(NC(=O)[C@@H](C)OC(=O)CCc2ccc(OC)cc2)cc1. The second-order valence-corrected chi connectivity index (χ2v) is 6.02. The van der Waals surface area contributed by atoms with Gasteiger partial charge in [-0.15, -0.1) is 0 Å². The summed E-state index contributed by atoms with van der Waals surface area (Å²) < 4.78 is 10.3. The summed E-state index contributed by atoms with van der Waals surface area (Å²) in [4.78, 5) is 24.1. The number of esters is 1. The number of amides is 1. The maximum atomic E-state index is 12.1. The zero-order valence-electron chi connectivity index (χ0n) is 15.5. The molecule has 0 aliphatic rings. The van der Waals surface area contributed by atoms with Crippen LogP contribution in [0.1, 0.15) is 31.4 Å². The van der Waals surface area contributed by atoms with Gasteiger partial charge in [-0.3, -0.25) is 9.59 Å². The first-order valence-corrected chi connectivity index (χ1v) is 8.74. The Morgan fingerprint density at radius 1 is 1.00 bits per heavy atom. The number of ether oxygens (including phenoxy) is 2. The van der Waals surface area contributed by atoms with Crippen LogP contribution in [0, 0.1) is 0 Å². The van der Waals surface area contributed by atoms with E-state index in [0.29, 0.717) is 12.1 Å². The van der Waals surface area contributed by atoms with Crippen LogP contribution in [0.5, 0.6) is 5.75 Å². The molecule has 0 radical (unpaired) electrons. The van der Waals surface area contributed by atoms with E-state index in [0.717, 1.165) is 17.7 Å². The second-order valence-electron chi connectivity index (χ2n) is 6.02. The predicted octanol–water partition coefficient (Wildman–Crippen LogP) is 3.76. The first kappa shape index (κ1) is 19.5. The van der Waals surface area contributed by atoms with Gasteiger partial charge in [0.1, 0.15) is 5.75 Å². The van der Waals surface area contributed by atoms with Gasteiger partial charge in [-0.05, 0) is 55.2 Å². The molecular formula is C21H25NO4. The molecule has 1 amide bonds. The molecule has 0 saturated carbocycles.